The molecule has 14 heavy (non-hydrogen) atoms. The SMILES string of the molecule is OCC(c1ccccc1O)C(F)(F)F. The Morgan fingerprint density at radius 3 is 2.21 bits per heavy atom. The van der Waals surface area contributed by atoms with Gasteiger partial charge >= 0.3 is 6.18 Å². The van der Waals surface area contributed by atoms with Gasteiger partial charge in [-0.25, -0.2) is 0 Å². The van der Waals surface area contributed by atoms with Crippen molar-refractivity contribution in [3.63, 3.8) is 0 Å². The molecule has 1 unspecified atom stereocenters. The summed E-state index contributed by atoms with van der Waals surface area (Å²) in [5, 5.41) is 17.8. The van der Waals surface area contributed by atoms with E-state index in [1.54, 1.807) is 0 Å². The number of para-hydroxylation sites is 1. The van der Waals surface area contributed by atoms with Crippen molar-refractivity contribution in [3.8, 4) is 5.75 Å². The van der Waals surface area contributed by atoms with Crippen LogP contribution in [-0.4, -0.2) is 23.0 Å². The van der Waals surface area contributed by atoms with Crippen molar-refractivity contribution in [1.29, 1.82) is 0 Å². The first-order valence-corrected chi connectivity index (χ1v) is 3.92. The Kier molecular flexibility index (Phi) is 3.00. The maximum atomic E-state index is 12.3. The predicted octanol–water partition coefficient (Wildman–Crippen LogP) is 2.03. The van der Waals surface area contributed by atoms with Gasteiger partial charge in [0.2, 0.25) is 0 Å². The van der Waals surface area contributed by atoms with Crippen molar-refractivity contribution in [3.05, 3.63) is 29.8 Å². The number of benzene rings is 1. The smallest absolute Gasteiger partial charge is 0.398 e. The molecule has 1 aromatic rings. The van der Waals surface area contributed by atoms with E-state index in [9.17, 15) is 13.2 Å². The van der Waals surface area contributed by atoms with E-state index in [1.165, 1.54) is 12.1 Å². The highest BCUT2D eigenvalue weighted by molar-refractivity contribution is 5.35. The highest BCUT2D eigenvalue weighted by atomic mass is 19.4. The molecule has 0 heterocycles. The van der Waals surface area contributed by atoms with E-state index in [0.717, 1.165) is 12.1 Å². The van der Waals surface area contributed by atoms with Crippen LogP contribution in [0.25, 0.3) is 0 Å². The number of hydrogen-bond acceptors (Lipinski definition) is 2. The molecule has 0 aromatic heterocycles. The summed E-state index contributed by atoms with van der Waals surface area (Å²) >= 11 is 0. The molecule has 5 heteroatoms. The van der Waals surface area contributed by atoms with Crippen LogP contribution in [0, 0.1) is 0 Å². The molecule has 0 radical (unpaired) electrons. The summed E-state index contributed by atoms with van der Waals surface area (Å²) in [5.41, 5.74) is -0.303. The van der Waals surface area contributed by atoms with Crippen LogP contribution in [0.1, 0.15) is 11.5 Å². The van der Waals surface area contributed by atoms with E-state index in [-0.39, 0.29) is 5.56 Å². The van der Waals surface area contributed by atoms with Crippen LogP contribution in [0.5, 0.6) is 5.75 Å². The molecule has 0 aliphatic carbocycles. The number of aromatic hydroxyl groups is 1. The second-order valence-corrected chi connectivity index (χ2v) is 2.84. The Hall–Kier alpha value is -1.23. The Morgan fingerprint density at radius 1 is 1.21 bits per heavy atom. The first-order chi connectivity index (χ1) is 6.46. The summed E-state index contributed by atoms with van der Waals surface area (Å²) in [7, 11) is 0. The van der Waals surface area contributed by atoms with E-state index >= 15 is 0 Å². The zero-order valence-corrected chi connectivity index (χ0v) is 7.12. The van der Waals surface area contributed by atoms with Gasteiger partial charge in [0.1, 0.15) is 11.7 Å². The van der Waals surface area contributed by atoms with Crippen LogP contribution < -0.4 is 0 Å². The molecule has 0 aliphatic heterocycles. The lowest BCUT2D eigenvalue weighted by Gasteiger charge is -2.18. The molecule has 0 saturated heterocycles. The second-order valence-electron chi connectivity index (χ2n) is 2.84. The van der Waals surface area contributed by atoms with E-state index in [2.05, 4.69) is 0 Å². The lowest BCUT2D eigenvalue weighted by Crippen LogP contribution is -2.24. The number of phenolic OH excluding ortho intramolecular Hbond substituents is 1. The summed E-state index contributed by atoms with van der Waals surface area (Å²) in [5.74, 6) is -2.48. The number of alkyl halides is 3. The minimum absolute atomic E-state index is 0.303. The van der Waals surface area contributed by atoms with E-state index in [1.807, 2.05) is 0 Å². The Bertz CT molecular complexity index is 309. The fourth-order valence-electron chi connectivity index (χ4n) is 1.16. The summed E-state index contributed by atoms with van der Waals surface area (Å²) < 4.78 is 36.9. The lowest BCUT2D eigenvalue weighted by molar-refractivity contribution is -0.158. The first-order valence-electron chi connectivity index (χ1n) is 3.92. The molecular weight excluding hydrogens is 197 g/mol. The van der Waals surface area contributed by atoms with Crippen LogP contribution in [0.2, 0.25) is 0 Å². The molecule has 0 fully saturated rings. The van der Waals surface area contributed by atoms with Gasteiger partial charge in [-0.2, -0.15) is 13.2 Å². The molecular formula is C9H9F3O2. The molecule has 0 aliphatic rings. The zero-order chi connectivity index (χ0) is 10.8. The lowest BCUT2D eigenvalue weighted by atomic mass is 9.98. The fraction of sp³-hybridized carbons (Fsp3) is 0.333. The van der Waals surface area contributed by atoms with Gasteiger partial charge in [-0.05, 0) is 6.07 Å². The molecule has 0 bridgehead atoms. The van der Waals surface area contributed by atoms with Crippen LogP contribution in [0.4, 0.5) is 13.2 Å². The number of rotatable bonds is 2. The number of phenols is 1. The van der Waals surface area contributed by atoms with E-state index in [0.29, 0.717) is 0 Å². The third-order valence-corrected chi connectivity index (χ3v) is 1.89. The van der Waals surface area contributed by atoms with Crippen molar-refractivity contribution in [1.82, 2.24) is 0 Å². The zero-order valence-electron chi connectivity index (χ0n) is 7.12. The van der Waals surface area contributed by atoms with Gasteiger partial charge in [0.05, 0.1) is 6.61 Å². The number of aliphatic hydroxyl groups excluding tert-OH is 1. The second kappa shape index (κ2) is 3.88. The van der Waals surface area contributed by atoms with Crippen molar-refractivity contribution in [2.45, 2.75) is 12.1 Å². The van der Waals surface area contributed by atoms with Gasteiger partial charge in [-0.15, -0.1) is 0 Å². The van der Waals surface area contributed by atoms with Crippen LogP contribution in [0.15, 0.2) is 24.3 Å². The summed E-state index contributed by atoms with van der Waals surface area (Å²) in [6, 6.07) is 5.10. The first kappa shape index (κ1) is 10.8. The van der Waals surface area contributed by atoms with E-state index in [4.69, 9.17) is 10.2 Å². The predicted molar refractivity (Wildman–Crippen MR) is 44.0 cm³/mol. The monoisotopic (exact) mass is 206 g/mol. The normalized spacial score (nSPS) is 14.0. The van der Waals surface area contributed by atoms with Crippen molar-refractivity contribution >= 4 is 0 Å². The van der Waals surface area contributed by atoms with Crippen LogP contribution in [-0.2, 0) is 0 Å². The third-order valence-electron chi connectivity index (χ3n) is 1.89. The highest BCUT2D eigenvalue weighted by Gasteiger charge is 2.41. The number of aliphatic hydroxyl groups is 1. The molecule has 78 valence electrons. The van der Waals surface area contributed by atoms with Gasteiger partial charge < -0.3 is 10.2 Å². The molecule has 2 nitrogen and oxygen atoms in total. The number of hydrogen-bond donors (Lipinski definition) is 2. The van der Waals surface area contributed by atoms with Gasteiger partial charge in [0.25, 0.3) is 0 Å². The molecule has 1 rings (SSSR count). The number of halogens is 3. The third kappa shape index (κ3) is 2.17. The Balaban J connectivity index is 3.08. The molecule has 1 atom stereocenters. The standard InChI is InChI=1S/C9H9F3O2/c10-9(11,12)7(5-13)6-3-1-2-4-8(6)14/h1-4,7,13-14H,5H2. The summed E-state index contributed by atoms with van der Waals surface area (Å²) in [6.45, 7) is -1.07. The fourth-order valence-corrected chi connectivity index (χ4v) is 1.16. The maximum absolute atomic E-state index is 12.3. The molecule has 0 saturated carbocycles. The minimum atomic E-state index is -4.55. The molecule has 0 amide bonds. The van der Waals surface area contributed by atoms with Crippen molar-refractivity contribution in [2.24, 2.45) is 0 Å². The summed E-state index contributed by atoms with van der Waals surface area (Å²) in [6.07, 6.45) is -4.55. The largest absolute Gasteiger partial charge is 0.508 e. The van der Waals surface area contributed by atoms with Crippen molar-refractivity contribution in [2.75, 3.05) is 6.61 Å². The maximum Gasteiger partial charge on any atom is 0.398 e. The molecule has 1 aromatic carbocycles. The van der Waals surface area contributed by atoms with Crippen molar-refractivity contribution < 1.29 is 23.4 Å². The molecule has 0 spiro atoms. The Labute approximate surface area is 78.6 Å². The average molecular weight is 206 g/mol. The highest BCUT2D eigenvalue weighted by Crippen LogP contribution is 2.37. The topological polar surface area (TPSA) is 40.5 Å². The van der Waals surface area contributed by atoms with Gasteiger partial charge in [0.15, 0.2) is 0 Å². The van der Waals surface area contributed by atoms with Crippen LogP contribution >= 0.6 is 0 Å². The van der Waals surface area contributed by atoms with Gasteiger partial charge in [-0.3, -0.25) is 0 Å². The summed E-state index contributed by atoms with van der Waals surface area (Å²) in [4.78, 5) is 0. The quantitative estimate of drug-likeness (QED) is 0.777. The van der Waals surface area contributed by atoms with Gasteiger partial charge in [0, 0.05) is 5.56 Å². The molecule has 2 N–H and O–H groups in total. The minimum Gasteiger partial charge on any atom is -0.508 e. The van der Waals surface area contributed by atoms with E-state index < -0.39 is 24.5 Å². The Morgan fingerprint density at radius 2 is 1.79 bits per heavy atom. The average Bonchev–Trinajstić information content (AvgIpc) is 2.07. The van der Waals surface area contributed by atoms with Crippen LogP contribution in [0.3, 0.4) is 0 Å². The van der Waals surface area contributed by atoms with Gasteiger partial charge in [-0.1, -0.05) is 18.2 Å².